The summed E-state index contributed by atoms with van der Waals surface area (Å²) in [5.74, 6) is 0.495. The van der Waals surface area contributed by atoms with E-state index in [0.29, 0.717) is 23.1 Å². The first kappa shape index (κ1) is 18.0. The number of piperidine rings is 1. The summed E-state index contributed by atoms with van der Waals surface area (Å²) in [7, 11) is 0. The molecule has 1 atom stereocenters. The van der Waals surface area contributed by atoms with E-state index in [9.17, 15) is 9.59 Å². The van der Waals surface area contributed by atoms with Gasteiger partial charge in [0.05, 0.1) is 0 Å². The zero-order valence-electron chi connectivity index (χ0n) is 15.2. The van der Waals surface area contributed by atoms with Crippen molar-refractivity contribution in [2.75, 3.05) is 11.9 Å². The zero-order chi connectivity index (χ0) is 18.5. The lowest BCUT2D eigenvalue weighted by atomic mass is 9.99. The summed E-state index contributed by atoms with van der Waals surface area (Å²) in [5, 5.41) is 11.3. The number of amides is 1. The molecule has 0 spiro atoms. The predicted molar refractivity (Wildman–Crippen MR) is 101 cm³/mol. The van der Waals surface area contributed by atoms with Gasteiger partial charge in [-0.15, -0.1) is 10.2 Å². The standard InChI is InChI=1S/C20H24N4O2/c1-3-17-9-4-5-12-24(17)20(26)18-10-11-19(23-22-18)21-16-8-6-7-15(13-16)14(2)25/h6-8,10-11,13,17H,3-5,9,12H2,1-2H3,(H,21,23). The van der Waals surface area contributed by atoms with Gasteiger partial charge >= 0.3 is 0 Å². The maximum absolute atomic E-state index is 12.7. The molecule has 2 heterocycles. The number of nitrogens with zero attached hydrogens (tertiary/aromatic N) is 3. The molecule has 3 rings (SSSR count). The van der Waals surface area contributed by atoms with Crippen molar-refractivity contribution in [2.24, 2.45) is 0 Å². The van der Waals surface area contributed by atoms with E-state index < -0.39 is 0 Å². The molecule has 1 aliphatic heterocycles. The van der Waals surface area contributed by atoms with Crippen molar-refractivity contribution in [3.8, 4) is 0 Å². The summed E-state index contributed by atoms with van der Waals surface area (Å²) in [6, 6.07) is 10.9. The Morgan fingerprint density at radius 1 is 1.19 bits per heavy atom. The second-order valence-electron chi connectivity index (χ2n) is 6.62. The number of aromatic nitrogens is 2. The second kappa shape index (κ2) is 8.08. The molecule has 1 aromatic heterocycles. The summed E-state index contributed by atoms with van der Waals surface area (Å²) < 4.78 is 0. The molecule has 1 fully saturated rings. The highest BCUT2D eigenvalue weighted by Gasteiger charge is 2.27. The highest BCUT2D eigenvalue weighted by Crippen LogP contribution is 2.22. The van der Waals surface area contributed by atoms with Crippen LogP contribution >= 0.6 is 0 Å². The fourth-order valence-electron chi connectivity index (χ4n) is 3.32. The maximum Gasteiger partial charge on any atom is 0.274 e. The summed E-state index contributed by atoms with van der Waals surface area (Å²) in [5.41, 5.74) is 1.76. The Kier molecular flexibility index (Phi) is 5.61. The van der Waals surface area contributed by atoms with Crippen LogP contribution < -0.4 is 5.32 Å². The molecule has 2 aromatic rings. The van der Waals surface area contributed by atoms with E-state index in [0.717, 1.165) is 31.5 Å². The Labute approximate surface area is 153 Å². The normalized spacial score (nSPS) is 17.0. The average molecular weight is 352 g/mol. The van der Waals surface area contributed by atoms with Gasteiger partial charge in [-0.1, -0.05) is 19.1 Å². The number of Topliss-reactive ketones (excluding diaryl/α,β-unsaturated/α-hetero) is 1. The number of ketones is 1. The van der Waals surface area contributed by atoms with Gasteiger partial charge in [0.25, 0.3) is 5.91 Å². The van der Waals surface area contributed by atoms with Crippen LogP contribution in [0.5, 0.6) is 0 Å². The number of hydrogen-bond acceptors (Lipinski definition) is 5. The minimum absolute atomic E-state index is 0.00712. The van der Waals surface area contributed by atoms with Crippen molar-refractivity contribution >= 4 is 23.2 Å². The van der Waals surface area contributed by atoms with Crippen LogP contribution in [0, 0.1) is 0 Å². The number of hydrogen-bond donors (Lipinski definition) is 1. The summed E-state index contributed by atoms with van der Waals surface area (Å²) in [4.78, 5) is 26.1. The molecule has 0 aliphatic carbocycles. The first-order valence-corrected chi connectivity index (χ1v) is 9.11. The highest BCUT2D eigenvalue weighted by atomic mass is 16.2. The van der Waals surface area contributed by atoms with Crippen LogP contribution in [-0.4, -0.2) is 39.4 Å². The molecule has 26 heavy (non-hydrogen) atoms. The lowest BCUT2D eigenvalue weighted by Crippen LogP contribution is -2.43. The van der Waals surface area contributed by atoms with E-state index in [2.05, 4.69) is 22.4 Å². The van der Waals surface area contributed by atoms with Crippen molar-refractivity contribution in [3.63, 3.8) is 0 Å². The second-order valence-corrected chi connectivity index (χ2v) is 6.62. The SMILES string of the molecule is CCC1CCCCN1C(=O)c1ccc(Nc2cccc(C(C)=O)c2)nn1. The number of likely N-dealkylation sites (tertiary alicyclic amines) is 1. The van der Waals surface area contributed by atoms with Gasteiger partial charge in [-0.3, -0.25) is 9.59 Å². The van der Waals surface area contributed by atoms with Crippen molar-refractivity contribution in [3.05, 3.63) is 47.7 Å². The lowest BCUT2D eigenvalue weighted by Gasteiger charge is -2.34. The van der Waals surface area contributed by atoms with E-state index in [4.69, 9.17) is 0 Å². The van der Waals surface area contributed by atoms with Gasteiger partial charge < -0.3 is 10.2 Å². The third-order valence-electron chi connectivity index (χ3n) is 4.78. The first-order valence-electron chi connectivity index (χ1n) is 9.11. The molecule has 1 saturated heterocycles. The minimum Gasteiger partial charge on any atom is -0.339 e. The molecule has 0 radical (unpaired) electrons. The quantitative estimate of drug-likeness (QED) is 0.828. The Hall–Kier alpha value is -2.76. The van der Waals surface area contributed by atoms with E-state index in [1.807, 2.05) is 17.0 Å². The third kappa shape index (κ3) is 4.07. The Morgan fingerprint density at radius 2 is 2.04 bits per heavy atom. The largest absolute Gasteiger partial charge is 0.339 e. The lowest BCUT2D eigenvalue weighted by molar-refractivity contribution is 0.0600. The van der Waals surface area contributed by atoms with Crippen LogP contribution in [0.1, 0.15) is 60.4 Å². The zero-order valence-corrected chi connectivity index (χ0v) is 15.2. The molecule has 136 valence electrons. The third-order valence-corrected chi connectivity index (χ3v) is 4.78. The first-order chi connectivity index (χ1) is 12.6. The topological polar surface area (TPSA) is 75.2 Å². The van der Waals surface area contributed by atoms with Crippen LogP contribution in [0.15, 0.2) is 36.4 Å². The van der Waals surface area contributed by atoms with E-state index in [1.54, 1.807) is 24.3 Å². The predicted octanol–water partition coefficient (Wildman–Crippen LogP) is 3.83. The van der Waals surface area contributed by atoms with Gasteiger partial charge in [0.15, 0.2) is 17.3 Å². The van der Waals surface area contributed by atoms with E-state index in [-0.39, 0.29) is 11.7 Å². The monoisotopic (exact) mass is 352 g/mol. The number of benzene rings is 1. The molecule has 1 amide bonds. The minimum atomic E-state index is -0.0471. The van der Waals surface area contributed by atoms with Crippen LogP contribution in [-0.2, 0) is 0 Å². The highest BCUT2D eigenvalue weighted by molar-refractivity contribution is 5.95. The molecule has 1 N–H and O–H groups in total. The molecule has 0 saturated carbocycles. The number of carbonyl (C=O) groups is 2. The summed E-state index contributed by atoms with van der Waals surface area (Å²) in [6.07, 6.45) is 4.24. The Morgan fingerprint density at radius 3 is 2.73 bits per heavy atom. The maximum atomic E-state index is 12.7. The van der Waals surface area contributed by atoms with Crippen LogP contribution in [0.25, 0.3) is 0 Å². The number of carbonyl (C=O) groups excluding carboxylic acids is 2. The Balaban J connectivity index is 1.71. The number of anilines is 2. The van der Waals surface area contributed by atoms with Gasteiger partial charge in [0.2, 0.25) is 0 Å². The van der Waals surface area contributed by atoms with Gasteiger partial charge in [0.1, 0.15) is 0 Å². The Bertz CT molecular complexity index is 789. The fourth-order valence-corrected chi connectivity index (χ4v) is 3.32. The van der Waals surface area contributed by atoms with Crippen molar-refractivity contribution in [1.82, 2.24) is 15.1 Å². The molecule has 0 bridgehead atoms. The van der Waals surface area contributed by atoms with Crippen molar-refractivity contribution in [2.45, 2.75) is 45.6 Å². The molecule has 6 nitrogen and oxygen atoms in total. The van der Waals surface area contributed by atoms with Crippen molar-refractivity contribution in [1.29, 1.82) is 0 Å². The molecular weight excluding hydrogens is 328 g/mol. The molecule has 1 aliphatic rings. The molecule has 1 unspecified atom stereocenters. The summed E-state index contributed by atoms with van der Waals surface area (Å²) in [6.45, 7) is 4.43. The van der Waals surface area contributed by atoms with Gasteiger partial charge in [-0.05, 0) is 56.9 Å². The fraction of sp³-hybridized carbons (Fsp3) is 0.400. The van der Waals surface area contributed by atoms with Gasteiger partial charge in [0, 0.05) is 23.8 Å². The smallest absolute Gasteiger partial charge is 0.274 e. The molecular formula is C20H24N4O2. The van der Waals surface area contributed by atoms with E-state index in [1.165, 1.54) is 13.3 Å². The van der Waals surface area contributed by atoms with Crippen LogP contribution in [0.4, 0.5) is 11.5 Å². The van der Waals surface area contributed by atoms with E-state index >= 15 is 0 Å². The number of rotatable bonds is 5. The molecule has 1 aromatic carbocycles. The van der Waals surface area contributed by atoms with Crippen molar-refractivity contribution < 1.29 is 9.59 Å². The van der Waals surface area contributed by atoms with Gasteiger partial charge in [-0.2, -0.15) is 0 Å². The van der Waals surface area contributed by atoms with Crippen LogP contribution in [0.2, 0.25) is 0 Å². The number of nitrogens with one attached hydrogen (secondary N) is 1. The van der Waals surface area contributed by atoms with Crippen LogP contribution in [0.3, 0.4) is 0 Å². The molecule has 6 heteroatoms. The average Bonchev–Trinajstić information content (AvgIpc) is 2.68. The summed E-state index contributed by atoms with van der Waals surface area (Å²) >= 11 is 0. The van der Waals surface area contributed by atoms with Gasteiger partial charge in [-0.25, -0.2) is 0 Å².